The van der Waals surface area contributed by atoms with Gasteiger partial charge in [0.15, 0.2) is 0 Å². The van der Waals surface area contributed by atoms with Crippen molar-refractivity contribution < 1.29 is 43.5 Å². The molecule has 0 aliphatic heterocycles. The first-order valence-corrected chi connectivity index (χ1v) is 8.57. The standard InChI is InChI=1S/C19H26N6.2BrH/c1-5-20-19(21-6-2)23-22-15-17-9-7-16(8-10-17)11-12-18-24(3)13-14-25(18)4;;/h7-15H,5-6H2,1-4H3,(H,20,21);2*1H. The van der Waals surface area contributed by atoms with E-state index < -0.39 is 0 Å². The van der Waals surface area contributed by atoms with E-state index in [2.05, 4.69) is 66.4 Å². The molecule has 3 N–H and O–H groups in total. The summed E-state index contributed by atoms with van der Waals surface area (Å²) in [5, 5.41) is 7.44. The lowest BCUT2D eigenvalue weighted by Crippen LogP contribution is -3.00. The minimum Gasteiger partial charge on any atom is -1.00 e. The number of hydrogen-bond donors (Lipinski definition) is 3. The highest BCUT2D eigenvalue weighted by atomic mass is 79.9. The molecule has 0 saturated carbocycles. The van der Waals surface area contributed by atoms with Gasteiger partial charge in [-0.2, -0.15) is 5.43 Å². The number of aromatic nitrogens is 2. The van der Waals surface area contributed by atoms with Crippen molar-refractivity contribution in [1.29, 1.82) is 0 Å². The summed E-state index contributed by atoms with van der Waals surface area (Å²) in [7, 11) is 4.08. The van der Waals surface area contributed by atoms with Gasteiger partial charge in [0.1, 0.15) is 12.4 Å². The molecule has 6 nitrogen and oxygen atoms in total. The Bertz CT molecular complexity index is 744. The van der Waals surface area contributed by atoms with Crippen LogP contribution in [0.25, 0.3) is 12.2 Å². The fourth-order valence-corrected chi connectivity index (χ4v) is 2.37. The van der Waals surface area contributed by atoms with Gasteiger partial charge in [-0.3, -0.25) is 10.3 Å². The summed E-state index contributed by atoms with van der Waals surface area (Å²) in [5.41, 5.74) is 5.18. The first-order chi connectivity index (χ1) is 12.1. The van der Waals surface area contributed by atoms with Gasteiger partial charge in [0.2, 0.25) is 0 Å². The maximum absolute atomic E-state index is 4.26. The highest BCUT2D eigenvalue weighted by Gasteiger charge is 2.06. The SMILES string of the molecule is CCNC(N/N=C/c1ccc(/C=C/c2n(C)cc[n+]2C)cc1)=[NH+]CC.[Br-].[Br-]. The second-order valence-electron chi connectivity index (χ2n) is 5.68. The van der Waals surface area contributed by atoms with Gasteiger partial charge in [-0.15, -0.1) is 5.10 Å². The lowest BCUT2D eigenvalue weighted by atomic mass is 10.1. The Balaban J connectivity index is 0.00000338. The highest BCUT2D eigenvalue weighted by molar-refractivity contribution is 5.82. The molecule has 148 valence electrons. The molecule has 0 unspecified atom stereocenters. The van der Waals surface area contributed by atoms with Crippen molar-refractivity contribution in [3.63, 3.8) is 0 Å². The normalized spacial score (nSPS) is 11.3. The fourth-order valence-electron chi connectivity index (χ4n) is 2.37. The fraction of sp³-hybridized carbons (Fsp3) is 0.316. The van der Waals surface area contributed by atoms with E-state index in [1.54, 1.807) is 6.21 Å². The van der Waals surface area contributed by atoms with Crippen molar-refractivity contribution in [3.05, 3.63) is 53.6 Å². The summed E-state index contributed by atoms with van der Waals surface area (Å²) in [4.78, 5) is 3.19. The van der Waals surface area contributed by atoms with Crippen molar-refractivity contribution in [2.75, 3.05) is 13.1 Å². The monoisotopic (exact) mass is 498 g/mol. The zero-order valence-corrected chi connectivity index (χ0v) is 19.4. The molecule has 0 bridgehead atoms. The van der Waals surface area contributed by atoms with Crippen LogP contribution >= 0.6 is 0 Å². The summed E-state index contributed by atoms with van der Waals surface area (Å²) >= 11 is 0. The van der Waals surface area contributed by atoms with E-state index in [0.717, 1.165) is 36.0 Å². The lowest BCUT2D eigenvalue weighted by Gasteiger charge is -1.99. The Morgan fingerprint density at radius 1 is 1.15 bits per heavy atom. The minimum absolute atomic E-state index is 0. The van der Waals surface area contributed by atoms with E-state index in [1.807, 2.05) is 40.3 Å². The maximum Gasteiger partial charge on any atom is 0.367 e. The average Bonchev–Trinajstić information content (AvgIpc) is 2.93. The number of nitrogens with one attached hydrogen (secondary N) is 3. The quantitative estimate of drug-likeness (QED) is 0.160. The van der Waals surface area contributed by atoms with E-state index in [1.165, 1.54) is 0 Å². The molecule has 0 aliphatic rings. The number of guanidine groups is 1. The van der Waals surface area contributed by atoms with Gasteiger partial charge in [-0.25, -0.2) is 9.13 Å². The van der Waals surface area contributed by atoms with Crippen LogP contribution in [-0.4, -0.2) is 29.8 Å². The van der Waals surface area contributed by atoms with Gasteiger partial charge in [-0.05, 0) is 31.1 Å². The summed E-state index contributed by atoms with van der Waals surface area (Å²) in [6, 6.07) is 8.27. The molecule has 0 saturated heterocycles. The molecule has 0 aliphatic carbocycles. The van der Waals surface area contributed by atoms with E-state index in [9.17, 15) is 0 Å². The number of imidazole rings is 1. The van der Waals surface area contributed by atoms with E-state index >= 15 is 0 Å². The molecule has 1 aromatic heterocycles. The predicted molar refractivity (Wildman–Crippen MR) is 103 cm³/mol. The first-order valence-electron chi connectivity index (χ1n) is 8.57. The molecule has 0 atom stereocenters. The molecular formula is C19H28Br2N6. The van der Waals surface area contributed by atoms with Crippen molar-refractivity contribution in [3.8, 4) is 0 Å². The van der Waals surface area contributed by atoms with Gasteiger partial charge in [0.25, 0.3) is 5.82 Å². The van der Waals surface area contributed by atoms with Crippen LogP contribution in [0.4, 0.5) is 0 Å². The third kappa shape index (κ3) is 8.09. The Kier molecular flexibility index (Phi) is 12.3. The van der Waals surface area contributed by atoms with Crippen molar-refractivity contribution in [1.82, 2.24) is 15.3 Å². The number of hydrogen-bond acceptors (Lipinski definition) is 1. The Hall–Kier alpha value is -1.93. The lowest BCUT2D eigenvalue weighted by molar-refractivity contribution is -0.672. The van der Waals surface area contributed by atoms with E-state index in [0.29, 0.717) is 0 Å². The molecule has 1 heterocycles. The largest absolute Gasteiger partial charge is 1.00 e. The zero-order chi connectivity index (χ0) is 18.1. The van der Waals surface area contributed by atoms with Crippen LogP contribution in [0.1, 0.15) is 30.8 Å². The Morgan fingerprint density at radius 3 is 2.37 bits per heavy atom. The summed E-state index contributed by atoms with van der Waals surface area (Å²) in [5.74, 6) is 1.96. The number of halogens is 2. The second kappa shape index (κ2) is 13.3. The Labute approximate surface area is 182 Å². The number of hydrazone groups is 1. The first kappa shape index (κ1) is 25.1. The van der Waals surface area contributed by atoms with Gasteiger partial charge in [-0.1, -0.05) is 24.3 Å². The van der Waals surface area contributed by atoms with Crippen molar-refractivity contribution in [2.24, 2.45) is 19.2 Å². The molecule has 2 aromatic rings. The van der Waals surface area contributed by atoms with Gasteiger partial charge < -0.3 is 34.0 Å². The topological polar surface area (TPSA) is 59.2 Å². The van der Waals surface area contributed by atoms with Crippen molar-refractivity contribution >= 4 is 24.3 Å². The van der Waals surface area contributed by atoms with Crippen LogP contribution in [0, 0.1) is 0 Å². The molecule has 2 rings (SSSR count). The molecule has 0 fully saturated rings. The van der Waals surface area contributed by atoms with Crippen LogP contribution in [0.2, 0.25) is 0 Å². The zero-order valence-electron chi connectivity index (χ0n) is 16.2. The van der Waals surface area contributed by atoms with Crippen LogP contribution < -0.4 is 54.3 Å². The average molecular weight is 500 g/mol. The van der Waals surface area contributed by atoms with Crippen LogP contribution in [-0.2, 0) is 14.1 Å². The summed E-state index contributed by atoms with van der Waals surface area (Å²) < 4.78 is 4.18. The predicted octanol–water partition coefficient (Wildman–Crippen LogP) is -5.98. The van der Waals surface area contributed by atoms with Gasteiger partial charge in [0, 0.05) is 6.08 Å². The highest BCUT2D eigenvalue weighted by Crippen LogP contribution is 2.07. The second-order valence-corrected chi connectivity index (χ2v) is 5.68. The summed E-state index contributed by atoms with van der Waals surface area (Å²) in [6.45, 7) is 5.77. The molecule has 8 heteroatoms. The van der Waals surface area contributed by atoms with Gasteiger partial charge in [0.05, 0.1) is 33.4 Å². The Morgan fingerprint density at radius 2 is 1.81 bits per heavy atom. The molecular weight excluding hydrogens is 472 g/mol. The molecule has 0 spiro atoms. The van der Waals surface area contributed by atoms with Crippen LogP contribution in [0.5, 0.6) is 0 Å². The van der Waals surface area contributed by atoms with Crippen LogP contribution in [0.3, 0.4) is 0 Å². The number of aryl methyl sites for hydroxylation is 2. The number of rotatable bonds is 6. The smallest absolute Gasteiger partial charge is 0.367 e. The minimum atomic E-state index is 0. The van der Waals surface area contributed by atoms with E-state index in [4.69, 9.17) is 0 Å². The maximum atomic E-state index is 4.26. The van der Waals surface area contributed by atoms with Crippen LogP contribution in [0.15, 0.2) is 41.8 Å². The molecule has 0 radical (unpaired) electrons. The molecule has 0 amide bonds. The third-order valence-electron chi connectivity index (χ3n) is 3.70. The molecule has 1 aromatic carbocycles. The number of nitrogens with zero attached hydrogens (tertiary/aromatic N) is 3. The molecule has 27 heavy (non-hydrogen) atoms. The summed E-state index contributed by atoms with van der Waals surface area (Å²) in [6.07, 6.45) is 10.1. The number of benzene rings is 1. The van der Waals surface area contributed by atoms with Crippen molar-refractivity contribution in [2.45, 2.75) is 13.8 Å². The van der Waals surface area contributed by atoms with Gasteiger partial charge >= 0.3 is 5.96 Å². The third-order valence-corrected chi connectivity index (χ3v) is 3.70. The van der Waals surface area contributed by atoms with E-state index in [-0.39, 0.29) is 34.0 Å².